The van der Waals surface area contributed by atoms with Crippen LogP contribution in [0.2, 0.25) is 0 Å². The fourth-order valence-electron chi connectivity index (χ4n) is 0.485. The molecule has 0 aliphatic carbocycles. The van der Waals surface area contributed by atoms with Gasteiger partial charge in [0.15, 0.2) is 6.33 Å². The van der Waals surface area contributed by atoms with Gasteiger partial charge in [-0.15, -0.1) is 11.8 Å². The average molecular weight is 174 g/mol. The maximum atomic E-state index is 10.0. The van der Waals surface area contributed by atoms with Gasteiger partial charge in [-0.2, -0.15) is 4.98 Å². The zero-order valence-corrected chi connectivity index (χ0v) is 6.37. The molecule has 0 radical (unpaired) electrons. The van der Waals surface area contributed by atoms with Crippen molar-refractivity contribution in [3.05, 3.63) is 12.2 Å². The molecule has 5 nitrogen and oxygen atoms in total. The molecule has 60 valence electrons. The highest BCUT2D eigenvalue weighted by Gasteiger charge is 2.01. The summed E-state index contributed by atoms with van der Waals surface area (Å²) >= 11 is 1.22. The Hall–Kier alpha value is -1.04. The maximum absolute atomic E-state index is 10.0. The van der Waals surface area contributed by atoms with E-state index in [0.29, 0.717) is 11.6 Å². The van der Waals surface area contributed by atoms with Gasteiger partial charge in [-0.3, -0.25) is 4.79 Å². The van der Waals surface area contributed by atoms with Crippen LogP contribution in [0, 0.1) is 0 Å². The van der Waals surface area contributed by atoms with Crippen LogP contribution in [0.25, 0.3) is 0 Å². The van der Waals surface area contributed by atoms with Gasteiger partial charge in [-0.25, -0.2) is 0 Å². The summed E-state index contributed by atoms with van der Waals surface area (Å²) in [5, 5.41) is 11.6. The molecule has 1 aromatic rings. The van der Waals surface area contributed by atoms with E-state index in [9.17, 15) is 4.79 Å². The van der Waals surface area contributed by atoms with Crippen LogP contribution in [-0.4, -0.2) is 27.0 Å². The third kappa shape index (κ3) is 3.03. The lowest BCUT2D eigenvalue weighted by molar-refractivity contribution is -0.133. The van der Waals surface area contributed by atoms with E-state index in [1.807, 2.05) is 0 Å². The molecule has 6 heteroatoms. The normalized spacial score (nSPS) is 9.82. The number of thioether (sulfide) groups is 1. The quantitative estimate of drug-likeness (QED) is 0.711. The van der Waals surface area contributed by atoms with Crippen LogP contribution >= 0.6 is 11.8 Å². The Morgan fingerprint density at radius 1 is 1.82 bits per heavy atom. The smallest absolute Gasteiger partial charge is 0.313 e. The second-order valence-electron chi connectivity index (χ2n) is 1.72. The molecular weight excluding hydrogens is 168 g/mol. The summed E-state index contributed by atoms with van der Waals surface area (Å²) in [6, 6.07) is 0. The van der Waals surface area contributed by atoms with Gasteiger partial charge in [0.1, 0.15) is 0 Å². The van der Waals surface area contributed by atoms with Crippen molar-refractivity contribution in [3.63, 3.8) is 0 Å². The Morgan fingerprint density at radius 3 is 3.18 bits per heavy atom. The monoisotopic (exact) mass is 174 g/mol. The molecule has 11 heavy (non-hydrogen) atoms. The summed E-state index contributed by atoms with van der Waals surface area (Å²) in [7, 11) is 0. The van der Waals surface area contributed by atoms with E-state index in [-0.39, 0.29) is 5.75 Å². The van der Waals surface area contributed by atoms with Gasteiger partial charge in [-0.1, -0.05) is 5.16 Å². The van der Waals surface area contributed by atoms with Crippen molar-refractivity contribution in [3.8, 4) is 0 Å². The van der Waals surface area contributed by atoms with Gasteiger partial charge in [0.2, 0.25) is 5.89 Å². The second-order valence-corrected chi connectivity index (χ2v) is 2.71. The van der Waals surface area contributed by atoms with Crippen molar-refractivity contribution < 1.29 is 14.4 Å². The fraction of sp³-hybridized carbons (Fsp3) is 0.400. The molecule has 0 atom stereocenters. The first-order valence-electron chi connectivity index (χ1n) is 2.84. The topological polar surface area (TPSA) is 76.2 Å². The van der Waals surface area contributed by atoms with Crippen LogP contribution in [0.3, 0.4) is 0 Å². The lowest BCUT2D eigenvalue weighted by Gasteiger charge is -1.90. The van der Waals surface area contributed by atoms with Gasteiger partial charge in [0, 0.05) is 0 Å². The van der Waals surface area contributed by atoms with Gasteiger partial charge in [-0.05, 0) is 0 Å². The van der Waals surface area contributed by atoms with Crippen LogP contribution in [-0.2, 0) is 10.5 Å². The van der Waals surface area contributed by atoms with E-state index in [0.717, 1.165) is 0 Å². The lowest BCUT2D eigenvalue weighted by Crippen LogP contribution is -1.98. The van der Waals surface area contributed by atoms with Crippen molar-refractivity contribution in [1.29, 1.82) is 0 Å². The first kappa shape index (κ1) is 8.06. The molecule has 0 aromatic carbocycles. The average Bonchev–Trinajstić information content (AvgIpc) is 2.39. The van der Waals surface area contributed by atoms with Crippen LogP contribution in [0.5, 0.6) is 0 Å². The van der Waals surface area contributed by atoms with Crippen molar-refractivity contribution >= 4 is 17.7 Å². The third-order valence-corrected chi connectivity index (χ3v) is 1.76. The summed E-state index contributed by atoms with van der Waals surface area (Å²) in [4.78, 5) is 13.8. The molecule has 1 N–H and O–H groups in total. The SMILES string of the molecule is O=C(O)CSCc1ncno1. The Labute approximate surface area is 66.8 Å². The Morgan fingerprint density at radius 2 is 2.64 bits per heavy atom. The van der Waals surface area contributed by atoms with E-state index in [4.69, 9.17) is 5.11 Å². The summed E-state index contributed by atoms with van der Waals surface area (Å²) in [6.07, 6.45) is 1.29. The Balaban J connectivity index is 2.19. The standard InChI is InChI=1S/C5H6N2O3S/c8-5(9)2-11-1-4-6-3-7-10-4/h3H,1-2H2,(H,8,9). The molecular formula is C5H6N2O3S. The molecule has 0 aliphatic heterocycles. The highest BCUT2D eigenvalue weighted by molar-refractivity contribution is 7.99. The van der Waals surface area contributed by atoms with E-state index in [1.165, 1.54) is 18.1 Å². The Kier molecular flexibility index (Phi) is 2.91. The fourth-order valence-corrected chi connectivity index (χ4v) is 1.06. The number of carbonyl (C=O) groups is 1. The molecule has 0 saturated carbocycles. The molecule has 1 heterocycles. The molecule has 1 rings (SSSR count). The van der Waals surface area contributed by atoms with E-state index < -0.39 is 5.97 Å². The number of carboxylic acid groups (broad SMARTS) is 1. The van der Waals surface area contributed by atoms with Gasteiger partial charge in [0.25, 0.3) is 0 Å². The summed E-state index contributed by atoms with van der Waals surface area (Å²) in [5.74, 6) is 0.125. The van der Waals surface area contributed by atoms with E-state index in [2.05, 4.69) is 14.7 Å². The molecule has 0 spiro atoms. The highest BCUT2D eigenvalue weighted by atomic mass is 32.2. The minimum absolute atomic E-state index is 0.0579. The number of hydrogen-bond acceptors (Lipinski definition) is 5. The predicted octanol–water partition coefficient (Wildman–Crippen LogP) is 0.387. The molecule has 0 saturated heterocycles. The zero-order chi connectivity index (χ0) is 8.10. The van der Waals surface area contributed by atoms with E-state index in [1.54, 1.807) is 0 Å². The molecule has 1 aromatic heterocycles. The maximum Gasteiger partial charge on any atom is 0.313 e. The molecule has 0 bridgehead atoms. The minimum Gasteiger partial charge on any atom is -0.481 e. The van der Waals surface area contributed by atoms with Gasteiger partial charge >= 0.3 is 5.97 Å². The number of nitrogens with zero attached hydrogens (tertiary/aromatic N) is 2. The molecule has 0 unspecified atom stereocenters. The number of hydrogen-bond donors (Lipinski definition) is 1. The van der Waals surface area contributed by atoms with Crippen molar-refractivity contribution in [2.75, 3.05) is 5.75 Å². The van der Waals surface area contributed by atoms with Crippen molar-refractivity contribution in [1.82, 2.24) is 10.1 Å². The minimum atomic E-state index is -0.838. The highest BCUT2D eigenvalue weighted by Crippen LogP contribution is 2.07. The number of aliphatic carboxylic acids is 1. The molecule has 0 aliphatic rings. The Bertz CT molecular complexity index is 224. The lowest BCUT2D eigenvalue weighted by atomic mass is 10.8. The second kappa shape index (κ2) is 3.97. The van der Waals surface area contributed by atoms with Crippen LogP contribution in [0.4, 0.5) is 0 Å². The third-order valence-electron chi connectivity index (χ3n) is 0.858. The zero-order valence-electron chi connectivity index (χ0n) is 5.56. The molecule has 0 amide bonds. The van der Waals surface area contributed by atoms with Gasteiger partial charge < -0.3 is 9.63 Å². The van der Waals surface area contributed by atoms with Crippen LogP contribution < -0.4 is 0 Å². The van der Waals surface area contributed by atoms with Gasteiger partial charge in [0.05, 0.1) is 11.5 Å². The van der Waals surface area contributed by atoms with Crippen molar-refractivity contribution in [2.24, 2.45) is 0 Å². The molecule has 0 fully saturated rings. The van der Waals surface area contributed by atoms with Crippen molar-refractivity contribution in [2.45, 2.75) is 5.75 Å². The summed E-state index contributed by atoms with van der Waals surface area (Å²) < 4.78 is 4.64. The number of rotatable bonds is 4. The summed E-state index contributed by atoms with van der Waals surface area (Å²) in [6.45, 7) is 0. The number of aromatic nitrogens is 2. The largest absolute Gasteiger partial charge is 0.481 e. The van der Waals surface area contributed by atoms with Crippen LogP contribution in [0.15, 0.2) is 10.9 Å². The van der Waals surface area contributed by atoms with E-state index >= 15 is 0 Å². The predicted molar refractivity (Wildman–Crippen MR) is 38.1 cm³/mol. The summed E-state index contributed by atoms with van der Waals surface area (Å²) in [5.41, 5.74) is 0. The number of carboxylic acids is 1. The first-order chi connectivity index (χ1) is 5.29. The van der Waals surface area contributed by atoms with Crippen LogP contribution in [0.1, 0.15) is 5.89 Å². The first-order valence-corrected chi connectivity index (χ1v) is 3.99.